The summed E-state index contributed by atoms with van der Waals surface area (Å²) < 4.78 is 5.52. The van der Waals surface area contributed by atoms with E-state index >= 15 is 0 Å². The lowest BCUT2D eigenvalue weighted by Crippen LogP contribution is -2.49. The zero-order chi connectivity index (χ0) is 9.10. The molecule has 76 valence electrons. The third-order valence-corrected chi connectivity index (χ3v) is 3.29. The van der Waals surface area contributed by atoms with Crippen molar-refractivity contribution in [2.75, 3.05) is 39.9 Å². The molecule has 2 unspecified atom stereocenters. The molecule has 0 amide bonds. The van der Waals surface area contributed by atoms with E-state index in [2.05, 4.69) is 17.3 Å². The van der Waals surface area contributed by atoms with E-state index in [9.17, 15) is 0 Å². The predicted molar refractivity (Wildman–Crippen MR) is 52.8 cm³/mol. The molecule has 3 nitrogen and oxygen atoms in total. The first-order chi connectivity index (χ1) is 6.40. The minimum absolute atomic E-state index is 0.675. The van der Waals surface area contributed by atoms with Crippen LogP contribution in [0.15, 0.2) is 0 Å². The van der Waals surface area contributed by atoms with E-state index in [-0.39, 0.29) is 0 Å². The Balaban J connectivity index is 1.79. The van der Waals surface area contributed by atoms with E-state index in [0.717, 1.165) is 13.2 Å². The van der Waals surface area contributed by atoms with Crippen molar-refractivity contribution in [3.05, 3.63) is 0 Å². The first kappa shape index (κ1) is 9.44. The molecule has 13 heavy (non-hydrogen) atoms. The largest absolute Gasteiger partial charge is 0.381 e. The van der Waals surface area contributed by atoms with Crippen LogP contribution in [0.2, 0.25) is 0 Å². The quantitative estimate of drug-likeness (QED) is 0.683. The lowest BCUT2D eigenvalue weighted by Gasteiger charge is -2.38. The van der Waals surface area contributed by atoms with Crippen LogP contribution in [0.1, 0.15) is 12.8 Å². The standard InChI is InChI=1S/C10H20N2O/c1-11-10-3-6-13-8-9(10)7-12-4-2-5-12/h9-11H,2-8H2,1H3. The van der Waals surface area contributed by atoms with Crippen molar-refractivity contribution < 1.29 is 4.74 Å². The molecule has 2 fully saturated rings. The number of ether oxygens (including phenoxy) is 1. The second-order valence-corrected chi connectivity index (χ2v) is 4.17. The summed E-state index contributed by atoms with van der Waals surface area (Å²) >= 11 is 0. The number of nitrogens with zero attached hydrogens (tertiary/aromatic N) is 1. The van der Waals surface area contributed by atoms with Crippen LogP contribution >= 0.6 is 0 Å². The molecule has 0 aromatic heterocycles. The van der Waals surface area contributed by atoms with Gasteiger partial charge in [-0.1, -0.05) is 0 Å². The SMILES string of the molecule is CNC1CCOCC1CN1CCC1. The Bertz CT molecular complexity index is 159. The summed E-state index contributed by atoms with van der Waals surface area (Å²) in [4.78, 5) is 2.53. The molecule has 2 heterocycles. The van der Waals surface area contributed by atoms with Crippen LogP contribution in [-0.2, 0) is 4.74 Å². The lowest BCUT2D eigenvalue weighted by molar-refractivity contribution is 0.00911. The topological polar surface area (TPSA) is 24.5 Å². The van der Waals surface area contributed by atoms with E-state index in [1.807, 2.05) is 0 Å². The third kappa shape index (κ3) is 2.22. The summed E-state index contributed by atoms with van der Waals surface area (Å²) in [6.45, 7) is 5.70. The maximum absolute atomic E-state index is 5.52. The van der Waals surface area contributed by atoms with Gasteiger partial charge in [-0.25, -0.2) is 0 Å². The minimum atomic E-state index is 0.675. The van der Waals surface area contributed by atoms with Crippen molar-refractivity contribution in [1.29, 1.82) is 0 Å². The molecule has 0 aromatic carbocycles. The van der Waals surface area contributed by atoms with Gasteiger partial charge in [0.15, 0.2) is 0 Å². The average molecular weight is 184 g/mol. The van der Waals surface area contributed by atoms with E-state index in [4.69, 9.17) is 4.74 Å². The Morgan fingerprint density at radius 1 is 1.46 bits per heavy atom. The number of nitrogens with one attached hydrogen (secondary N) is 1. The number of hydrogen-bond donors (Lipinski definition) is 1. The summed E-state index contributed by atoms with van der Waals surface area (Å²) in [7, 11) is 2.07. The monoisotopic (exact) mass is 184 g/mol. The number of rotatable bonds is 3. The highest BCUT2D eigenvalue weighted by molar-refractivity contribution is 4.83. The number of hydrogen-bond acceptors (Lipinski definition) is 3. The smallest absolute Gasteiger partial charge is 0.0521 e. The molecule has 0 saturated carbocycles. The fraction of sp³-hybridized carbons (Fsp3) is 1.00. The lowest BCUT2D eigenvalue weighted by atomic mass is 9.94. The van der Waals surface area contributed by atoms with Crippen LogP contribution in [0.5, 0.6) is 0 Å². The summed E-state index contributed by atoms with van der Waals surface area (Å²) in [5.41, 5.74) is 0. The molecule has 3 heteroatoms. The highest BCUT2D eigenvalue weighted by atomic mass is 16.5. The molecule has 1 N–H and O–H groups in total. The highest BCUT2D eigenvalue weighted by Crippen LogP contribution is 2.18. The molecule has 0 spiro atoms. The van der Waals surface area contributed by atoms with Crippen LogP contribution in [0.25, 0.3) is 0 Å². The van der Waals surface area contributed by atoms with Crippen LogP contribution < -0.4 is 5.32 Å². The van der Waals surface area contributed by atoms with Gasteiger partial charge in [-0.3, -0.25) is 0 Å². The molecular weight excluding hydrogens is 164 g/mol. The molecule has 0 radical (unpaired) electrons. The summed E-state index contributed by atoms with van der Waals surface area (Å²) in [5, 5.41) is 3.40. The summed E-state index contributed by atoms with van der Waals surface area (Å²) in [5.74, 6) is 0.707. The van der Waals surface area contributed by atoms with Gasteiger partial charge in [-0.15, -0.1) is 0 Å². The maximum Gasteiger partial charge on any atom is 0.0521 e. The molecule has 2 saturated heterocycles. The fourth-order valence-electron chi connectivity index (χ4n) is 2.25. The van der Waals surface area contributed by atoms with Crippen molar-refractivity contribution in [3.8, 4) is 0 Å². The van der Waals surface area contributed by atoms with Gasteiger partial charge in [0.25, 0.3) is 0 Å². The van der Waals surface area contributed by atoms with Crippen molar-refractivity contribution in [3.63, 3.8) is 0 Å². The second kappa shape index (κ2) is 4.40. The van der Waals surface area contributed by atoms with Crippen molar-refractivity contribution in [2.45, 2.75) is 18.9 Å². The zero-order valence-electron chi connectivity index (χ0n) is 8.46. The highest BCUT2D eigenvalue weighted by Gasteiger charge is 2.27. The van der Waals surface area contributed by atoms with Gasteiger partial charge in [-0.05, 0) is 33.0 Å². The Hall–Kier alpha value is -0.120. The van der Waals surface area contributed by atoms with E-state index < -0.39 is 0 Å². The molecule has 0 aliphatic carbocycles. The van der Waals surface area contributed by atoms with E-state index in [0.29, 0.717) is 12.0 Å². The molecule has 2 aliphatic heterocycles. The predicted octanol–water partition coefficient (Wildman–Crippen LogP) is 0.317. The molecule has 0 bridgehead atoms. The van der Waals surface area contributed by atoms with Crippen LogP contribution in [0, 0.1) is 5.92 Å². The van der Waals surface area contributed by atoms with Crippen molar-refractivity contribution in [1.82, 2.24) is 10.2 Å². The van der Waals surface area contributed by atoms with Gasteiger partial charge in [0.1, 0.15) is 0 Å². The van der Waals surface area contributed by atoms with Gasteiger partial charge in [0.2, 0.25) is 0 Å². The molecular formula is C10H20N2O. The molecule has 2 aliphatic rings. The first-order valence-corrected chi connectivity index (χ1v) is 5.37. The van der Waals surface area contributed by atoms with E-state index in [1.165, 1.54) is 32.5 Å². The van der Waals surface area contributed by atoms with Crippen molar-refractivity contribution in [2.24, 2.45) is 5.92 Å². The van der Waals surface area contributed by atoms with E-state index in [1.54, 1.807) is 0 Å². The molecule has 0 aromatic rings. The normalized spacial score (nSPS) is 35.8. The first-order valence-electron chi connectivity index (χ1n) is 5.37. The van der Waals surface area contributed by atoms with Crippen LogP contribution in [-0.4, -0.2) is 50.8 Å². The summed E-state index contributed by atoms with van der Waals surface area (Å²) in [6, 6.07) is 0.675. The number of likely N-dealkylation sites (tertiary alicyclic amines) is 1. The Morgan fingerprint density at radius 2 is 2.31 bits per heavy atom. The molecule has 2 rings (SSSR count). The molecule has 2 atom stereocenters. The fourth-order valence-corrected chi connectivity index (χ4v) is 2.25. The van der Waals surface area contributed by atoms with Crippen LogP contribution in [0.3, 0.4) is 0 Å². The van der Waals surface area contributed by atoms with Gasteiger partial charge in [0.05, 0.1) is 6.61 Å². The van der Waals surface area contributed by atoms with Crippen molar-refractivity contribution >= 4 is 0 Å². The van der Waals surface area contributed by atoms with Gasteiger partial charge in [-0.2, -0.15) is 0 Å². The second-order valence-electron chi connectivity index (χ2n) is 4.17. The Kier molecular flexibility index (Phi) is 3.19. The Morgan fingerprint density at radius 3 is 2.92 bits per heavy atom. The van der Waals surface area contributed by atoms with Crippen LogP contribution in [0.4, 0.5) is 0 Å². The van der Waals surface area contributed by atoms with Gasteiger partial charge in [0, 0.05) is 25.1 Å². The minimum Gasteiger partial charge on any atom is -0.381 e. The third-order valence-electron chi connectivity index (χ3n) is 3.29. The van der Waals surface area contributed by atoms with Gasteiger partial charge >= 0.3 is 0 Å². The maximum atomic E-state index is 5.52. The zero-order valence-corrected chi connectivity index (χ0v) is 8.46. The summed E-state index contributed by atoms with van der Waals surface area (Å²) in [6.07, 6.45) is 2.56. The average Bonchev–Trinajstić information content (AvgIpc) is 2.12. The van der Waals surface area contributed by atoms with Gasteiger partial charge < -0.3 is 15.0 Å². The Labute approximate surface area is 80.4 Å².